The van der Waals surface area contributed by atoms with E-state index in [1.807, 2.05) is 0 Å². The van der Waals surface area contributed by atoms with E-state index in [0.29, 0.717) is 6.04 Å². The van der Waals surface area contributed by atoms with Gasteiger partial charge in [-0.05, 0) is 36.5 Å². The van der Waals surface area contributed by atoms with Crippen LogP contribution in [0.5, 0.6) is 0 Å². The van der Waals surface area contributed by atoms with Gasteiger partial charge in [-0.3, -0.25) is 0 Å². The first kappa shape index (κ1) is 8.93. The maximum Gasteiger partial charge on any atom is 0.00825 e. The van der Waals surface area contributed by atoms with Crippen LogP contribution in [0.4, 0.5) is 0 Å². The topological polar surface area (TPSA) is 26.0 Å². The smallest absolute Gasteiger partial charge is 0.00825 e. The van der Waals surface area contributed by atoms with Crippen molar-refractivity contribution >= 4 is 19.8 Å². The maximum atomic E-state index is 5.91. The quantitative estimate of drug-likeness (QED) is 0.669. The Labute approximate surface area is 80.8 Å². The standard InChI is InChI=1S/C11H14NP/c1-13-11-5-3-8-6-10(12)4-2-9(8)7-11/h3,5,7,10H,1-2,4,6,12H2. The third kappa shape index (κ3) is 1.82. The van der Waals surface area contributed by atoms with Gasteiger partial charge in [0.25, 0.3) is 0 Å². The van der Waals surface area contributed by atoms with Crippen LogP contribution in [0.1, 0.15) is 17.5 Å². The van der Waals surface area contributed by atoms with Crippen LogP contribution in [0.15, 0.2) is 18.2 Å². The predicted octanol–water partition coefficient (Wildman–Crippen LogP) is 1.51. The first-order valence-corrected chi connectivity index (χ1v) is 5.71. The molecular weight excluding hydrogens is 177 g/mol. The Bertz CT molecular complexity index is 333. The molecule has 1 nitrogen and oxygen atoms in total. The van der Waals surface area contributed by atoms with Crippen molar-refractivity contribution in [2.45, 2.75) is 25.3 Å². The summed E-state index contributed by atoms with van der Waals surface area (Å²) in [6.07, 6.45) is 7.18. The second-order valence-corrected chi connectivity index (χ2v) is 4.45. The number of nitrogens with two attached hydrogens (primary N) is 1. The molecular formula is C11H14NP. The van der Waals surface area contributed by atoms with Crippen molar-refractivity contribution in [1.82, 2.24) is 0 Å². The predicted molar refractivity (Wildman–Crippen MR) is 60.1 cm³/mol. The van der Waals surface area contributed by atoms with Gasteiger partial charge in [-0.25, -0.2) is 0 Å². The zero-order valence-electron chi connectivity index (χ0n) is 7.66. The Morgan fingerprint density at radius 1 is 1.38 bits per heavy atom. The van der Waals surface area contributed by atoms with E-state index in [4.69, 9.17) is 5.73 Å². The highest BCUT2D eigenvalue weighted by atomic mass is 31.1. The van der Waals surface area contributed by atoms with Crippen molar-refractivity contribution in [3.63, 3.8) is 0 Å². The Hall–Kier alpha value is -0.650. The monoisotopic (exact) mass is 191 g/mol. The van der Waals surface area contributed by atoms with Crippen molar-refractivity contribution in [3.05, 3.63) is 29.3 Å². The van der Waals surface area contributed by atoms with Crippen molar-refractivity contribution in [2.75, 3.05) is 0 Å². The van der Waals surface area contributed by atoms with Gasteiger partial charge in [0.15, 0.2) is 0 Å². The Kier molecular flexibility index (Phi) is 2.48. The lowest BCUT2D eigenvalue weighted by Crippen LogP contribution is -2.28. The van der Waals surface area contributed by atoms with Gasteiger partial charge in [-0.2, -0.15) is 0 Å². The van der Waals surface area contributed by atoms with Crippen LogP contribution >= 0.6 is 8.20 Å². The fourth-order valence-corrected chi connectivity index (χ4v) is 2.30. The lowest BCUT2D eigenvalue weighted by molar-refractivity contribution is 0.577. The molecule has 0 saturated heterocycles. The molecule has 13 heavy (non-hydrogen) atoms. The summed E-state index contributed by atoms with van der Waals surface area (Å²) in [4.78, 5) is 0. The zero-order valence-corrected chi connectivity index (χ0v) is 8.56. The lowest BCUT2D eigenvalue weighted by Gasteiger charge is -2.21. The van der Waals surface area contributed by atoms with E-state index in [9.17, 15) is 0 Å². The molecule has 2 heteroatoms. The molecule has 0 heterocycles. The molecule has 0 spiro atoms. The molecule has 0 fully saturated rings. The van der Waals surface area contributed by atoms with Gasteiger partial charge in [0.05, 0.1) is 0 Å². The summed E-state index contributed by atoms with van der Waals surface area (Å²) < 4.78 is 0. The van der Waals surface area contributed by atoms with Gasteiger partial charge in [-0.1, -0.05) is 26.6 Å². The number of rotatable bonds is 1. The van der Waals surface area contributed by atoms with Crippen molar-refractivity contribution in [1.29, 1.82) is 0 Å². The fourth-order valence-electron chi connectivity index (χ4n) is 1.87. The minimum absolute atomic E-state index is 0.371. The molecule has 0 aliphatic heterocycles. The second kappa shape index (κ2) is 3.61. The third-order valence-electron chi connectivity index (χ3n) is 2.64. The molecule has 1 atom stereocenters. The average molecular weight is 191 g/mol. The first-order valence-electron chi connectivity index (χ1n) is 4.63. The van der Waals surface area contributed by atoms with Gasteiger partial charge >= 0.3 is 0 Å². The van der Waals surface area contributed by atoms with E-state index in [-0.39, 0.29) is 0 Å². The molecule has 1 aliphatic carbocycles. The van der Waals surface area contributed by atoms with E-state index < -0.39 is 0 Å². The molecule has 2 rings (SSSR count). The Morgan fingerprint density at radius 3 is 3.00 bits per heavy atom. The van der Waals surface area contributed by atoms with Gasteiger partial charge in [0.1, 0.15) is 0 Å². The molecule has 1 unspecified atom stereocenters. The molecule has 68 valence electrons. The normalized spacial score (nSPS) is 21.5. The van der Waals surface area contributed by atoms with Gasteiger partial charge in [0, 0.05) is 11.3 Å². The molecule has 1 aromatic rings. The number of fused-ring (bicyclic) bond motifs is 1. The van der Waals surface area contributed by atoms with Crippen LogP contribution < -0.4 is 11.0 Å². The highest BCUT2D eigenvalue weighted by Gasteiger charge is 2.14. The number of hydrogen-bond acceptors (Lipinski definition) is 1. The highest BCUT2D eigenvalue weighted by Crippen LogP contribution is 2.20. The van der Waals surface area contributed by atoms with E-state index in [1.54, 1.807) is 0 Å². The van der Waals surface area contributed by atoms with Crippen LogP contribution in [0, 0.1) is 0 Å². The highest BCUT2D eigenvalue weighted by molar-refractivity contribution is 7.45. The Morgan fingerprint density at radius 2 is 2.23 bits per heavy atom. The van der Waals surface area contributed by atoms with Crippen LogP contribution in [-0.4, -0.2) is 12.3 Å². The minimum Gasteiger partial charge on any atom is -0.327 e. The SMILES string of the molecule is C=Pc1ccc2c(c1)CCC(N)C2. The molecule has 0 saturated carbocycles. The molecule has 2 N–H and O–H groups in total. The summed E-state index contributed by atoms with van der Waals surface area (Å²) in [6, 6.07) is 7.01. The maximum absolute atomic E-state index is 5.91. The van der Waals surface area contributed by atoms with Crippen LogP contribution in [0.3, 0.4) is 0 Å². The summed E-state index contributed by atoms with van der Waals surface area (Å²) >= 11 is 0. The van der Waals surface area contributed by atoms with Crippen LogP contribution in [0.2, 0.25) is 0 Å². The van der Waals surface area contributed by atoms with Gasteiger partial charge in [0.2, 0.25) is 0 Å². The molecule has 0 bridgehead atoms. The fraction of sp³-hybridized carbons (Fsp3) is 0.364. The van der Waals surface area contributed by atoms with Crippen LogP contribution in [-0.2, 0) is 12.8 Å². The van der Waals surface area contributed by atoms with E-state index in [1.165, 1.54) is 16.4 Å². The van der Waals surface area contributed by atoms with Gasteiger partial charge in [-0.15, -0.1) is 0 Å². The first-order chi connectivity index (χ1) is 6.29. The summed E-state index contributed by atoms with van der Waals surface area (Å²) in [5.74, 6) is 0. The van der Waals surface area contributed by atoms with Crippen molar-refractivity contribution in [3.8, 4) is 0 Å². The van der Waals surface area contributed by atoms with E-state index >= 15 is 0 Å². The van der Waals surface area contributed by atoms with Gasteiger partial charge < -0.3 is 5.73 Å². The van der Waals surface area contributed by atoms with Crippen molar-refractivity contribution < 1.29 is 0 Å². The number of hydrogen-bond donors (Lipinski definition) is 1. The molecule has 0 radical (unpaired) electrons. The molecule has 1 aliphatic rings. The second-order valence-electron chi connectivity index (χ2n) is 3.61. The largest absolute Gasteiger partial charge is 0.327 e. The number of benzene rings is 1. The minimum atomic E-state index is 0.371. The summed E-state index contributed by atoms with van der Waals surface area (Å²) in [5.41, 5.74) is 8.82. The van der Waals surface area contributed by atoms with Crippen LogP contribution in [0.25, 0.3) is 0 Å². The Balaban J connectivity index is 2.36. The molecule has 0 amide bonds. The lowest BCUT2D eigenvalue weighted by atomic mass is 9.89. The average Bonchev–Trinajstić information content (AvgIpc) is 2.17. The summed E-state index contributed by atoms with van der Waals surface area (Å²) in [5, 5.41) is 1.31. The third-order valence-corrected chi connectivity index (χ3v) is 3.28. The summed E-state index contributed by atoms with van der Waals surface area (Å²) in [6.45, 7) is 0. The molecule has 1 aromatic carbocycles. The zero-order chi connectivity index (χ0) is 9.26. The van der Waals surface area contributed by atoms with E-state index in [2.05, 4.69) is 24.5 Å². The summed E-state index contributed by atoms with van der Waals surface area (Å²) in [7, 11) is 1.11. The number of aryl methyl sites for hydroxylation is 1. The van der Waals surface area contributed by atoms with E-state index in [0.717, 1.165) is 27.5 Å². The van der Waals surface area contributed by atoms with Crippen molar-refractivity contribution in [2.24, 2.45) is 5.73 Å². The molecule has 0 aromatic heterocycles.